The summed E-state index contributed by atoms with van der Waals surface area (Å²) in [6.07, 6.45) is 0.728. The number of piperidine rings is 1. The van der Waals surface area contributed by atoms with Crippen LogP contribution in [0.25, 0.3) is 0 Å². The van der Waals surface area contributed by atoms with Crippen LogP contribution in [0.5, 0.6) is 0 Å². The second-order valence-electron chi connectivity index (χ2n) is 4.55. The minimum atomic E-state index is -1.28. The molecule has 2 atom stereocenters. The van der Waals surface area contributed by atoms with Crippen LogP contribution in [0.2, 0.25) is 0 Å². The van der Waals surface area contributed by atoms with E-state index in [4.69, 9.17) is 4.74 Å². The van der Waals surface area contributed by atoms with Crippen molar-refractivity contribution in [1.82, 2.24) is 4.98 Å². The van der Waals surface area contributed by atoms with E-state index in [-0.39, 0.29) is 11.9 Å². The Kier molecular flexibility index (Phi) is 3.75. The van der Waals surface area contributed by atoms with Crippen molar-refractivity contribution in [3.63, 3.8) is 0 Å². The molecule has 0 amide bonds. The molecule has 1 aliphatic heterocycles. The maximum atomic E-state index is 13.6. The summed E-state index contributed by atoms with van der Waals surface area (Å²) in [4.78, 5) is 4.93. The van der Waals surface area contributed by atoms with Gasteiger partial charge >= 0.3 is 0 Å². The summed E-state index contributed by atoms with van der Waals surface area (Å²) in [5.41, 5.74) is 0. The summed E-state index contributed by atoms with van der Waals surface area (Å²) >= 11 is 0. The number of hydrogen-bond donors (Lipinski definition) is 0. The summed E-state index contributed by atoms with van der Waals surface area (Å²) in [5, 5.41) is 0. The van der Waals surface area contributed by atoms with E-state index in [2.05, 4.69) is 4.98 Å². The Labute approximate surface area is 104 Å². The molecule has 0 spiro atoms. The van der Waals surface area contributed by atoms with Gasteiger partial charge in [-0.3, -0.25) is 0 Å². The number of ether oxygens (including phenoxy) is 1. The standard InChI is InChI=1S/C12H15F3N2O/c1-7-3-4-17(6-10(7)18-2)12-9(14)5-8(13)11(15)16-12/h5,7,10H,3-4,6H2,1-2H3. The second kappa shape index (κ2) is 5.14. The zero-order chi connectivity index (χ0) is 13.3. The first-order valence-corrected chi connectivity index (χ1v) is 5.82. The van der Waals surface area contributed by atoms with Crippen LogP contribution in [0.15, 0.2) is 6.07 Å². The Balaban J connectivity index is 2.24. The van der Waals surface area contributed by atoms with Crippen molar-refractivity contribution in [2.24, 2.45) is 5.92 Å². The van der Waals surface area contributed by atoms with Crippen LogP contribution in [0.1, 0.15) is 13.3 Å². The zero-order valence-electron chi connectivity index (χ0n) is 10.3. The first-order chi connectivity index (χ1) is 8.52. The molecule has 100 valence electrons. The lowest BCUT2D eigenvalue weighted by Crippen LogP contribution is -2.44. The molecular formula is C12H15F3N2O. The van der Waals surface area contributed by atoms with Crippen LogP contribution < -0.4 is 4.90 Å². The minimum Gasteiger partial charge on any atom is -0.379 e. The SMILES string of the molecule is COC1CN(c2nc(F)c(F)cc2F)CCC1C. The molecule has 1 aromatic rings. The average Bonchev–Trinajstić information content (AvgIpc) is 2.35. The second-order valence-corrected chi connectivity index (χ2v) is 4.55. The number of methoxy groups -OCH3 is 1. The van der Waals surface area contributed by atoms with Crippen molar-refractivity contribution in [1.29, 1.82) is 0 Å². The molecule has 0 saturated carbocycles. The Morgan fingerprint density at radius 2 is 2.06 bits per heavy atom. The number of rotatable bonds is 2. The Morgan fingerprint density at radius 1 is 1.33 bits per heavy atom. The van der Waals surface area contributed by atoms with Crippen molar-refractivity contribution in [3.8, 4) is 0 Å². The molecule has 0 aliphatic carbocycles. The smallest absolute Gasteiger partial charge is 0.251 e. The molecule has 2 rings (SSSR count). The van der Waals surface area contributed by atoms with Gasteiger partial charge in [0.1, 0.15) is 0 Å². The number of hydrogen-bond acceptors (Lipinski definition) is 3. The van der Waals surface area contributed by atoms with Crippen LogP contribution in [0.4, 0.5) is 19.0 Å². The zero-order valence-corrected chi connectivity index (χ0v) is 10.3. The molecule has 6 heteroatoms. The lowest BCUT2D eigenvalue weighted by molar-refractivity contribution is 0.0494. The van der Waals surface area contributed by atoms with E-state index in [1.165, 1.54) is 0 Å². The highest BCUT2D eigenvalue weighted by atomic mass is 19.2. The maximum absolute atomic E-state index is 13.6. The van der Waals surface area contributed by atoms with Gasteiger partial charge in [-0.2, -0.15) is 9.37 Å². The van der Waals surface area contributed by atoms with Crippen molar-refractivity contribution < 1.29 is 17.9 Å². The Morgan fingerprint density at radius 3 is 2.72 bits per heavy atom. The largest absolute Gasteiger partial charge is 0.379 e. The summed E-state index contributed by atoms with van der Waals surface area (Å²) in [5.74, 6) is -3.20. The molecule has 0 N–H and O–H groups in total. The van der Waals surface area contributed by atoms with Crippen molar-refractivity contribution >= 4 is 5.82 Å². The van der Waals surface area contributed by atoms with Gasteiger partial charge in [0.25, 0.3) is 5.95 Å². The molecule has 2 unspecified atom stereocenters. The highest BCUT2D eigenvalue weighted by molar-refractivity contribution is 5.41. The topological polar surface area (TPSA) is 25.4 Å². The fourth-order valence-electron chi connectivity index (χ4n) is 2.19. The summed E-state index contributed by atoms with van der Waals surface area (Å²) in [6, 6.07) is 0.525. The summed E-state index contributed by atoms with van der Waals surface area (Å²) < 4.78 is 44.8. The van der Waals surface area contributed by atoms with Gasteiger partial charge in [-0.1, -0.05) is 6.92 Å². The molecule has 0 bridgehead atoms. The molecular weight excluding hydrogens is 245 g/mol. The molecule has 0 aromatic carbocycles. The van der Waals surface area contributed by atoms with Crippen LogP contribution >= 0.6 is 0 Å². The van der Waals surface area contributed by atoms with E-state index < -0.39 is 17.6 Å². The molecule has 18 heavy (non-hydrogen) atoms. The average molecular weight is 260 g/mol. The molecule has 1 fully saturated rings. The third-order valence-corrected chi connectivity index (χ3v) is 3.36. The fraction of sp³-hybridized carbons (Fsp3) is 0.583. The predicted octanol–water partition coefficient (Wildman–Crippen LogP) is 2.36. The van der Waals surface area contributed by atoms with E-state index in [9.17, 15) is 13.2 Å². The monoisotopic (exact) mass is 260 g/mol. The van der Waals surface area contributed by atoms with Gasteiger partial charge in [-0.05, 0) is 12.3 Å². The Bertz CT molecular complexity index is 442. The number of pyridine rings is 1. The van der Waals surface area contributed by atoms with Gasteiger partial charge < -0.3 is 9.64 Å². The van der Waals surface area contributed by atoms with Gasteiger partial charge in [0.2, 0.25) is 0 Å². The highest BCUT2D eigenvalue weighted by Crippen LogP contribution is 2.26. The van der Waals surface area contributed by atoms with Crippen molar-refractivity contribution in [3.05, 3.63) is 23.6 Å². The number of nitrogens with zero attached hydrogens (tertiary/aromatic N) is 2. The van der Waals surface area contributed by atoms with Crippen LogP contribution in [-0.4, -0.2) is 31.3 Å². The third-order valence-electron chi connectivity index (χ3n) is 3.36. The Hall–Kier alpha value is -1.30. The predicted molar refractivity (Wildman–Crippen MR) is 60.9 cm³/mol. The van der Waals surface area contributed by atoms with Crippen molar-refractivity contribution in [2.75, 3.05) is 25.1 Å². The quantitative estimate of drug-likeness (QED) is 0.763. The van der Waals surface area contributed by atoms with Gasteiger partial charge in [-0.25, -0.2) is 8.78 Å². The van der Waals surface area contributed by atoms with E-state index in [1.807, 2.05) is 6.92 Å². The summed E-state index contributed by atoms with van der Waals surface area (Å²) in [6.45, 7) is 3.02. The summed E-state index contributed by atoms with van der Waals surface area (Å²) in [7, 11) is 1.58. The number of halogens is 3. The molecule has 3 nitrogen and oxygen atoms in total. The van der Waals surface area contributed by atoms with Crippen LogP contribution in [-0.2, 0) is 4.74 Å². The van der Waals surface area contributed by atoms with Crippen molar-refractivity contribution in [2.45, 2.75) is 19.4 Å². The number of aromatic nitrogens is 1. The molecule has 1 aromatic heterocycles. The van der Waals surface area contributed by atoms with Gasteiger partial charge in [-0.15, -0.1) is 0 Å². The number of anilines is 1. The lowest BCUT2D eigenvalue weighted by Gasteiger charge is -2.36. The van der Waals surface area contributed by atoms with Gasteiger partial charge in [0.15, 0.2) is 17.5 Å². The van der Waals surface area contributed by atoms with Crippen LogP contribution in [0, 0.1) is 23.5 Å². The normalized spacial score (nSPS) is 24.4. The molecule has 1 saturated heterocycles. The molecule has 2 heterocycles. The van der Waals surface area contributed by atoms with E-state index in [0.717, 1.165) is 6.42 Å². The van der Waals surface area contributed by atoms with Crippen LogP contribution in [0.3, 0.4) is 0 Å². The van der Waals surface area contributed by atoms with Gasteiger partial charge in [0, 0.05) is 26.3 Å². The van der Waals surface area contributed by atoms with E-state index in [0.29, 0.717) is 25.1 Å². The minimum absolute atomic E-state index is 0.0620. The van der Waals surface area contributed by atoms with E-state index >= 15 is 0 Å². The third kappa shape index (κ3) is 2.43. The first kappa shape index (κ1) is 13.1. The fourth-order valence-corrected chi connectivity index (χ4v) is 2.19. The molecule has 1 aliphatic rings. The highest BCUT2D eigenvalue weighted by Gasteiger charge is 2.28. The maximum Gasteiger partial charge on any atom is 0.251 e. The molecule has 0 radical (unpaired) electrons. The lowest BCUT2D eigenvalue weighted by atomic mass is 9.96. The first-order valence-electron chi connectivity index (χ1n) is 5.82. The van der Waals surface area contributed by atoms with E-state index in [1.54, 1.807) is 12.0 Å². The van der Waals surface area contributed by atoms with Gasteiger partial charge in [0.05, 0.1) is 6.10 Å².